The first-order valence-corrected chi connectivity index (χ1v) is 7.91. The van der Waals surface area contributed by atoms with Crippen molar-refractivity contribution in [2.45, 2.75) is 26.2 Å². The van der Waals surface area contributed by atoms with Crippen molar-refractivity contribution < 1.29 is 9.53 Å². The number of urea groups is 1. The van der Waals surface area contributed by atoms with Crippen LogP contribution in [-0.4, -0.2) is 50.3 Å². The van der Waals surface area contributed by atoms with Crippen molar-refractivity contribution in [1.29, 1.82) is 0 Å². The Labute approximate surface area is 133 Å². The van der Waals surface area contributed by atoms with Gasteiger partial charge in [-0.2, -0.15) is 0 Å². The van der Waals surface area contributed by atoms with Gasteiger partial charge in [0.1, 0.15) is 0 Å². The SMILES string of the molecule is CC(C)(C)c1ccccc1NC(=O)NCCN1CCOCC1. The van der Waals surface area contributed by atoms with Crippen LogP contribution in [0.15, 0.2) is 24.3 Å². The number of benzene rings is 1. The monoisotopic (exact) mass is 305 g/mol. The summed E-state index contributed by atoms with van der Waals surface area (Å²) in [4.78, 5) is 14.4. The van der Waals surface area contributed by atoms with E-state index in [0.29, 0.717) is 6.54 Å². The molecule has 2 rings (SSSR count). The molecule has 0 spiro atoms. The lowest BCUT2D eigenvalue weighted by atomic mass is 9.86. The lowest BCUT2D eigenvalue weighted by Gasteiger charge is -2.26. The van der Waals surface area contributed by atoms with Gasteiger partial charge in [0.2, 0.25) is 0 Å². The highest BCUT2D eigenvalue weighted by Gasteiger charge is 2.18. The van der Waals surface area contributed by atoms with E-state index in [-0.39, 0.29) is 11.4 Å². The predicted octanol–water partition coefficient (Wildman–Crippen LogP) is 2.44. The summed E-state index contributed by atoms with van der Waals surface area (Å²) in [6.07, 6.45) is 0. The number of carbonyl (C=O) groups is 1. The zero-order valence-electron chi connectivity index (χ0n) is 13.8. The standard InChI is InChI=1S/C17H27N3O2/c1-17(2,3)14-6-4-5-7-15(14)19-16(21)18-8-9-20-10-12-22-13-11-20/h4-7H,8-13H2,1-3H3,(H2,18,19,21). The number of nitrogens with one attached hydrogen (secondary N) is 2. The van der Waals surface area contributed by atoms with Gasteiger partial charge >= 0.3 is 6.03 Å². The largest absolute Gasteiger partial charge is 0.379 e. The van der Waals surface area contributed by atoms with E-state index in [9.17, 15) is 4.79 Å². The van der Waals surface area contributed by atoms with Gasteiger partial charge in [-0.15, -0.1) is 0 Å². The summed E-state index contributed by atoms with van der Waals surface area (Å²) < 4.78 is 5.31. The fraction of sp³-hybridized carbons (Fsp3) is 0.588. The maximum Gasteiger partial charge on any atom is 0.319 e. The molecular weight excluding hydrogens is 278 g/mol. The Morgan fingerprint density at radius 2 is 1.91 bits per heavy atom. The van der Waals surface area contributed by atoms with Gasteiger partial charge in [-0.25, -0.2) is 4.79 Å². The van der Waals surface area contributed by atoms with Crippen LogP contribution in [0.4, 0.5) is 10.5 Å². The second kappa shape index (κ2) is 7.61. The van der Waals surface area contributed by atoms with Crippen LogP contribution < -0.4 is 10.6 Å². The summed E-state index contributed by atoms with van der Waals surface area (Å²) in [6, 6.07) is 7.80. The minimum Gasteiger partial charge on any atom is -0.379 e. The normalized spacial score (nSPS) is 16.3. The van der Waals surface area contributed by atoms with E-state index in [2.05, 4.69) is 42.4 Å². The Hall–Kier alpha value is -1.59. The zero-order valence-corrected chi connectivity index (χ0v) is 13.8. The number of morpholine rings is 1. The molecule has 1 fully saturated rings. The van der Waals surface area contributed by atoms with E-state index in [0.717, 1.165) is 44.1 Å². The van der Waals surface area contributed by atoms with Crippen LogP contribution in [0.3, 0.4) is 0 Å². The van der Waals surface area contributed by atoms with E-state index < -0.39 is 0 Å². The number of carbonyl (C=O) groups excluding carboxylic acids is 1. The van der Waals surface area contributed by atoms with Crippen molar-refractivity contribution in [3.05, 3.63) is 29.8 Å². The number of hydrogen-bond acceptors (Lipinski definition) is 3. The highest BCUT2D eigenvalue weighted by molar-refractivity contribution is 5.90. The van der Waals surface area contributed by atoms with E-state index >= 15 is 0 Å². The number of nitrogens with zero attached hydrogens (tertiary/aromatic N) is 1. The van der Waals surface area contributed by atoms with Gasteiger partial charge in [-0.1, -0.05) is 39.0 Å². The summed E-state index contributed by atoms with van der Waals surface area (Å²) in [5.41, 5.74) is 2.01. The quantitative estimate of drug-likeness (QED) is 0.898. The third-order valence-electron chi connectivity index (χ3n) is 3.80. The van der Waals surface area contributed by atoms with Gasteiger partial charge in [-0.3, -0.25) is 4.90 Å². The summed E-state index contributed by atoms with van der Waals surface area (Å²) in [7, 11) is 0. The average molecular weight is 305 g/mol. The van der Waals surface area contributed by atoms with E-state index in [1.807, 2.05) is 18.2 Å². The number of para-hydroxylation sites is 1. The molecule has 0 aliphatic carbocycles. The van der Waals surface area contributed by atoms with Gasteiger partial charge in [0.25, 0.3) is 0 Å². The smallest absolute Gasteiger partial charge is 0.319 e. The van der Waals surface area contributed by atoms with Crippen LogP contribution in [0.25, 0.3) is 0 Å². The predicted molar refractivity (Wildman–Crippen MR) is 89.4 cm³/mol. The zero-order chi connectivity index (χ0) is 16.0. The van der Waals surface area contributed by atoms with Crippen molar-refractivity contribution in [3.8, 4) is 0 Å². The molecular formula is C17H27N3O2. The van der Waals surface area contributed by atoms with E-state index in [1.165, 1.54) is 0 Å². The summed E-state index contributed by atoms with van der Waals surface area (Å²) >= 11 is 0. The molecule has 22 heavy (non-hydrogen) atoms. The van der Waals surface area contributed by atoms with Crippen molar-refractivity contribution in [2.24, 2.45) is 0 Å². The first kappa shape index (κ1) is 16.8. The first-order valence-electron chi connectivity index (χ1n) is 7.91. The van der Waals surface area contributed by atoms with Gasteiger partial charge in [0.15, 0.2) is 0 Å². The average Bonchev–Trinajstić information content (AvgIpc) is 2.48. The molecule has 1 heterocycles. The molecule has 0 radical (unpaired) electrons. The second-order valence-corrected chi connectivity index (χ2v) is 6.63. The van der Waals surface area contributed by atoms with Crippen LogP contribution in [0.2, 0.25) is 0 Å². The number of anilines is 1. The third kappa shape index (κ3) is 5.00. The van der Waals surface area contributed by atoms with E-state index in [4.69, 9.17) is 4.74 Å². The van der Waals surface area contributed by atoms with Crippen LogP contribution in [-0.2, 0) is 10.2 Å². The van der Waals surface area contributed by atoms with Crippen LogP contribution in [0, 0.1) is 0 Å². The number of ether oxygens (including phenoxy) is 1. The molecule has 1 aliphatic rings. The summed E-state index contributed by atoms with van der Waals surface area (Å²) in [6.45, 7) is 11.4. The molecule has 0 unspecified atom stereocenters. The molecule has 1 aromatic rings. The topological polar surface area (TPSA) is 53.6 Å². The molecule has 122 valence electrons. The Morgan fingerprint density at radius 1 is 1.23 bits per heavy atom. The maximum atomic E-state index is 12.1. The molecule has 5 heteroatoms. The molecule has 0 saturated carbocycles. The molecule has 2 N–H and O–H groups in total. The molecule has 2 amide bonds. The van der Waals surface area contributed by atoms with Crippen LogP contribution in [0.5, 0.6) is 0 Å². The number of rotatable bonds is 4. The van der Waals surface area contributed by atoms with Crippen molar-refractivity contribution in [3.63, 3.8) is 0 Å². The summed E-state index contributed by atoms with van der Waals surface area (Å²) in [5.74, 6) is 0. The van der Waals surface area contributed by atoms with Crippen molar-refractivity contribution >= 4 is 11.7 Å². The highest BCUT2D eigenvalue weighted by atomic mass is 16.5. The minimum atomic E-state index is -0.148. The number of hydrogen-bond donors (Lipinski definition) is 2. The minimum absolute atomic E-state index is 0.00231. The van der Waals surface area contributed by atoms with Crippen LogP contribution >= 0.6 is 0 Å². The lowest BCUT2D eigenvalue weighted by molar-refractivity contribution is 0.0388. The molecule has 1 saturated heterocycles. The fourth-order valence-corrected chi connectivity index (χ4v) is 2.56. The Bertz CT molecular complexity index is 491. The molecule has 1 aromatic carbocycles. The molecule has 0 atom stereocenters. The first-order chi connectivity index (χ1) is 10.5. The van der Waals surface area contributed by atoms with Gasteiger partial charge in [-0.05, 0) is 17.0 Å². The Balaban J connectivity index is 1.82. The van der Waals surface area contributed by atoms with Crippen molar-refractivity contribution in [2.75, 3.05) is 44.7 Å². The van der Waals surface area contributed by atoms with E-state index in [1.54, 1.807) is 0 Å². The Kier molecular flexibility index (Phi) is 5.80. The summed E-state index contributed by atoms with van der Waals surface area (Å²) in [5, 5.41) is 5.89. The van der Waals surface area contributed by atoms with Gasteiger partial charge in [0, 0.05) is 31.9 Å². The lowest BCUT2D eigenvalue weighted by Crippen LogP contribution is -2.42. The molecule has 1 aliphatic heterocycles. The number of amides is 2. The third-order valence-corrected chi connectivity index (χ3v) is 3.80. The molecule has 5 nitrogen and oxygen atoms in total. The molecule has 0 bridgehead atoms. The highest BCUT2D eigenvalue weighted by Crippen LogP contribution is 2.29. The van der Waals surface area contributed by atoms with Gasteiger partial charge < -0.3 is 15.4 Å². The second-order valence-electron chi connectivity index (χ2n) is 6.63. The fourth-order valence-electron chi connectivity index (χ4n) is 2.56. The van der Waals surface area contributed by atoms with Gasteiger partial charge in [0.05, 0.1) is 13.2 Å². The van der Waals surface area contributed by atoms with Crippen molar-refractivity contribution in [1.82, 2.24) is 10.2 Å². The maximum absolute atomic E-state index is 12.1. The Morgan fingerprint density at radius 3 is 2.59 bits per heavy atom. The van der Waals surface area contributed by atoms with Crippen LogP contribution in [0.1, 0.15) is 26.3 Å². The molecule has 0 aromatic heterocycles.